The lowest BCUT2D eigenvalue weighted by Crippen LogP contribution is -2.37. The highest BCUT2D eigenvalue weighted by Gasteiger charge is 2.41. The van der Waals surface area contributed by atoms with Gasteiger partial charge in [0.2, 0.25) is 0 Å². The third-order valence-corrected chi connectivity index (χ3v) is 6.88. The average molecular weight is 403 g/mol. The predicted molar refractivity (Wildman–Crippen MR) is 117 cm³/mol. The highest BCUT2D eigenvalue weighted by molar-refractivity contribution is 5.55. The summed E-state index contributed by atoms with van der Waals surface area (Å²) < 4.78 is 23.5. The summed E-state index contributed by atoms with van der Waals surface area (Å²) in [6.45, 7) is 6.95. The van der Waals surface area contributed by atoms with Crippen LogP contribution in [0, 0.1) is 6.92 Å². The SMILES string of the molecule is C=Cc1cc(C2(OCOC)CCCCC2)c(C)c(C2(OCOC)CCCCC2)c1. The van der Waals surface area contributed by atoms with Gasteiger partial charge in [0.15, 0.2) is 0 Å². The Balaban J connectivity index is 2.12. The molecule has 0 N–H and O–H groups in total. The van der Waals surface area contributed by atoms with Crippen LogP contribution in [0.2, 0.25) is 0 Å². The second kappa shape index (κ2) is 10.2. The van der Waals surface area contributed by atoms with Gasteiger partial charge in [0.05, 0.1) is 11.2 Å². The molecule has 4 nitrogen and oxygen atoms in total. The van der Waals surface area contributed by atoms with E-state index in [2.05, 4.69) is 25.6 Å². The Labute approximate surface area is 176 Å². The number of hydrogen-bond acceptors (Lipinski definition) is 4. The molecule has 2 aliphatic rings. The van der Waals surface area contributed by atoms with E-state index in [-0.39, 0.29) is 11.2 Å². The Kier molecular flexibility index (Phi) is 7.92. The number of benzene rings is 1. The van der Waals surface area contributed by atoms with Gasteiger partial charge in [-0.25, -0.2) is 0 Å². The van der Waals surface area contributed by atoms with Crippen molar-refractivity contribution in [3.8, 4) is 0 Å². The molecule has 0 spiro atoms. The molecule has 1 aromatic carbocycles. The van der Waals surface area contributed by atoms with Crippen molar-refractivity contribution in [2.24, 2.45) is 0 Å². The summed E-state index contributed by atoms with van der Waals surface area (Å²) in [5.74, 6) is 0. The Morgan fingerprint density at radius 1 is 0.793 bits per heavy atom. The molecule has 3 rings (SSSR count). The van der Waals surface area contributed by atoms with Crippen molar-refractivity contribution in [3.05, 3.63) is 41.0 Å². The first kappa shape index (κ1) is 22.5. The molecule has 0 unspecified atom stereocenters. The van der Waals surface area contributed by atoms with E-state index in [1.54, 1.807) is 14.2 Å². The monoisotopic (exact) mass is 402 g/mol. The van der Waals surface area contributed by atoms with Gasteiger partial charge in [-0.05, 0) is 67.0 Å². The summed E-state index contributed by atoms with van der Waals surface area (Å²) in [5, 5.41) is 0. The fourth-order valence-corrected chi connectivity index (χ4v) is 5.37. The van der Waals surface area contributed by atoms with Gasteiger partial charge in [-0.3, -0.25) is 0 Å². The fourth-order valence-electron chi connectivity index (χ4n) is 5.37. The van der Waals surface area contributed by atoms with Crippen LogP contribution in [0.1, 0.15) is 86.5 Å². The molecule has 0 radical (unpaired) electrons. The van der Waals surface area contributed by atoms with Crippen molar-refractivity contribution in [1.82, 2.24) is 0 Å². The van der Waals surface area contributed by atoms with Gasteiger partial charge in [-0.2, -0.15) is 0 Å². The van der Waals surface area contributed by atoms with Crippen LogP contribution in [-0.4, -0.2) is 27.8 Å². The molecule has 0 aromatic heterocycles. The second-order valence-electron chi connectivity index (χ2n) is 8.66. The lowest BCUT2D eigenvalue weighted by Gasteiger charge is -2.42. The maximum atomic E-state index is 6.42. The minimum absolute atomic E-state index is 0.288. The van der Waals surface area contributed by atoms with E-state index in [0.29, 0.717) is 13.6 Å². The molecule has 162 valence electrons. The van der Waals surface area contributed by atoms with E-state index < -0.39 is 0 Å². The highest BCUT2D eigenvalue weighted by atomic mass is 16.7. The molecule has 0 bridgehead atoms. The van der Waals surface area contributed by atoms with Gasteiger partial charge < -0.3 is 18.9 Å². The van der Waals surface area contributed by atoms with Crippen molar-refractivity contribution >= 4 is 6.08 Å². The van der Waals surface area contributed by atoms with Gasteiger partial charge in [-0.15, -0.1) is 0 Å². The number of ether oxygens (including phenoxy) is 4. The van der Waals surface area contributed by atoms with Crippen LogP contribution in [0.4, 0.5) is 0 Å². The van der Waals surface area contributed by atoms with Crippen molar-refractivity contribution < 1.29 is 18.9 Å². The third-order valence-electron chi connectivity index (χ3n) is 6.88. The molecule has 2 saturated carbocycles. The molecular formula is C25H38O4. The molecule has 29 heavy (non-hydrogen) atoms. The molecule has 2 fully saturated rings. The summed E-state index contributed by atoms with van der Waals surface area (Å²) in [6, 6.07) is 4.55. The van der Waals surface area contributed by atoms with E-state index in [4.69, 9.17) is 18.9 Å². The maximum Gasteiger partial charge on any atom is 0.147 e. The van der Waals surface area contributed by atoms with Crippen LogP contribution in [0.3, 0.4) is 0 Å². The minimum Gasteiger partial charge on any atom is -0.359 e. The van der Waals surface area contributed by atoms with Gasteiger partial charge in [-0.1, -0.05) is 51.2 Å². The standard InChI is InChI=1S/C25H38O4/c1-5-21-16-22(24(28-18-26-3)12-8-6-9-13-24)20(2)23(17-21)25(29-19-27-4)14-10-7-11-15-25/h5,16-17H,1,6-15,18-19H2,2-4H3. The number of methoxy groups -OCH3 is 2. The van der Waals surface area contributed by atoms with Gasteiger partial charge in [0.25, 0.3) is 0 Å². The van der Waals surface area contributed by atoms with Crippen LogP contribution in [0.25, 0.3) is 6.08 Å². The molecular weight excluding hydrogens is 364 g/mol. The van der Waals surface area contributed by atoms with E-state index >= 15 is 0 Å². The van der Waals surface area contributed by atoms with Gasteiger partial charge >= 0.3 is 0 Å². The van der Waals surface area contributed by atoms with E-state index in [1.807, 2.05) is 6.08 Å². The van der Waals surface area contributed by atoms with Crippen molar-refractivity contribution in [3.63, 3.8) is 0 Å². The lowest BCUT2D eigenvalue weighted by atomic mass is 9.72. The Morgan fingerprint density at radius 2 is 1.21 bits per heavy atom. The van der Waals surface area contributed by atoms with E-state index in [1.165, 1.54) is 55.2 Å². The van der Waals surface area contributed by atoms with Crippen molar-refractivity contribution in [1.29, 1.82) is 0 Å². The molecule has 0 heterocycles. The zero-order chi connectivity index (χ0) is 20.7. The molecule has 0 atom stereocenters. The van der Waals surface area contributed by atoms with Crippen LogP contribution in [-0.2, 0) is 30.1 Å². The second-order valence-corrected chi connectivity index (χ2v) is 8.66. The number of hydrogen-bond donors (Lipinski definition) is 0. The normalized spacial score (nSPS) is 21.1. The number of rotatable bonds is 9. The van der Waals surface area contributed by atoms with Crippen molar-refractivity contribution in [2.45, 2.75) is 82.3 Å². The van der Waals surface area contributed by atoms with Crippen LogP contribution < -0.4 is 0 Å². The maximum absolute atomic E-state index is 6.42. The van der Waals surface area contributed by atoms with Crippen LogP contribution in [0.5, 0.6) is 0 Å². The first-order valence-corrected chi connectivity index (χ1v) is 11.1. The average Bonchev–Trinajstić information content (AvgIpc) is 2.77. The highest BCUT2D eigenvalue weighted by Crippen LogP contribution is 2.48. The first-order valence-electron chi connectivity index (χ1n) is 11.1. The van der Waals surface area contributed by atoms with Crippen LogP contribution >= 0.6 is 0 Å². The lowest BCUT2D eigenvalue weighted by molar-refractivity contribution is -0.154. The van der Waals surface area contributed by atoms with E-state index in [0.717, 1.165) is 31.2 Å². The topological polar surface area (TPSA) is 36.9 Å². The Bertz CT molecular complexity index is 618. The summed E-state index contributed by atoms with van der Waals surface area (Å²) in [7, 11) is 3.40. The first-order chi connectivity index (χ1) is 14.1. The zero-order valence-electron chi connectivity index (χ0n) is 18.6. The summed E-state index contributed by atoms with van der Waals surface area (Å²) in [5.41, 5.74) is 4.43. The Morgan fingerprint density at radius 3 is 1.55 bits per heavy atom. The summed E-state index contributed by atoms with van der Waals surface area (Å²) in [4.78, 5) is 0. The minimum atomic E-state index is -0.288. The quantitative estimate of drug-likeness (QED) is 0.461. The van der Waals surface area contributed by atoms with Crippen LogP contribution in [0.15, 0.2) is 18.7 Å². The molecule has 0 aliphatic heterocycles. The third kappa shape index (κ3) is 4.77. The van der Waals surface area contributed by atoms with Gasteiger partial charge in [0.1, 0.15) is 13.6 Å². The smallest absolute Gasteiger partial charge is 0.147 e. The molecule has 1 aromatic rings. The molecule has 0 saturated heterocycles. The molecule has 2 aliphatic carbocycles. The summed E-state index contributed by atoms with van der Waals surface area (Å²) in [6.07, 6.45) is 13.3. The summed E-state index contributed by atoms with van der Waals surface area (Å²) >= 11 is 0. The zero-order valence-corrected chi connectivity index (χ0v) is 18.6. The van der Waals surface area contributed by atoms with Gasteiger partial charge in [0, 0.05) is 14.2 Å². The predicted octanol–water partition coefficient (Wildman–Crippen LogP) is 6.20. The van der Waals surface area contributed by atoms with Crippen molar-refractivity contribution in [2.75, 3.05) is 27.8 Å². The fraction of sp³-hybridized carbons (Fsp3) is 0.680. The van der Waals surface area contributed by atoms with E-state index in [9.17, 15) is 0 Å². The largest absolute Gasteiger partial charge is 0.359 e. The Hall–Kier alpha value is -1.20. The molecule has 0 amide bonds. The molecule has 4 heteroatoms.